The average molecular weight is 212 g/mol. The molecule has 1 aromatic carbocycles. The maximum Gasteiger partial charge on any atom is 0.0250 e. The van der Waals surface area contributed by atoms with E-state index in [2.05, 4.69) is 22.5 Å². The molecule has 0 aliphatic carbocycles. The van der Waals surface area contributed by atoms with Crippen LogP contribution in [0.2, 0.25) is 0 Å². The van der Waals surface area contributed by atoms with Gasteiger partial charge in [0.05, 0.1) is 0 Å². The van der Waals surface area contributed by atoms with Crippen LogP contribution in [0.25, 0.3) is 5.57 Å². The van der Waals surface area contributed by atoms with Gasteiger partial charge in [0, 0.05) is 11.0 Å². The molecule has 0 bridgehead atoms. The fraction of sp³-hybridized carbons (Fsp3) is 0.111. The average Bonchev–Trinajstić information content (AvgIpc) is 2.04. The molecule has 0 saturated heterocycles. The van der Waals surface area contributed by atoms with Gasteiger partial charge < -0.3 is 5.73 Å². The summed E-state index contributed by atoms with van der Waals surface area (Å²) < 4.78 is 1.05. The molecule has 2 heteroatoms. The summed E-state index contributed by atoms with van der Waals surface area (Å²) in [6.45, 7) is 4.35. The van der Waals surface area contributed by atoms with Crippen molar-refractivity contribution in [2.45, 2.75) is 0 Å². The largest absolute Gasteiger partial charge is 0.326 e. The highest BCUT2D eigenvalue weighted by atomic mass is 79.9. The summed E-state index contributed by atoms with van der Waals surface area (Å²) in [7, 11) is 0. The Kier molecular flexibility index (Phi) is 2.85. The van der Waals surface area contributed by atoms with Crippen molar-refractivity contribution in [1.29, 1.82) is 0 Å². The third kappa shape index (κ3) is 1.91. The van der Waals surface area contributed by atoms with Gasteiger partial charge >= 0.3 is 0 Å². The smallest absolute Gasteiger partial charge is 0.0250 e. The van der Waals surface area contributed by atoms with Crippen LogP contribution in [-0.4, -0.2) is 6.54 Å². The lowest BCUT2D eigenvalue weighted by molar-refractivity contribution is 1.27. The van der Waals surface area contributed by atoms with Crippen LogP contribution in [0.4, 0.5) is 0 Å². The van der Waals surface area contributed by atoms with E-state index in [0.29, 0.717) is 6.54 Å². The van der Waals surface area contributed by atoms with Crippen LogP contribution in [0.3, 0.4) is 0 Å². The Morgan fingerprint density at radius 3 is 2.64 bits per heavy atom. The summed E-state index contributed by atoms with van der Waals surface area (Å²) in [6, 6.07) is 7.92. The maximum absolute atomic E-state index is 5.45. The van der Waals surface area contributed by atoms with Gasteiger partial charge in [0.15, 0.2) is 0 Å². The molecule has 0 aliphatic heterocycles. The molecule has 58 valence electrons. The van der Waals surface area contributed by atoms with Crippen molar-refractivity contribution >= 4 is 21.5 Å². The van der Waals surface area contributed by atoms with Crippen molar-refractivity contribution in [2.24, 2.45) is 5.73 Å². The van der Waals surface area contributed by atoms with Gasteiger partial charge in [0.25, 0.3) is 0 Å². The first-order valence-electron chi connectivity index (χ1n) is 3.38. The van der Waals surface area contributed by atoms with Crippen molar-refractivity contribution in [3.63, 3.8) is 0 Å². The molecule has 11 heavy (non-hydrogen) atoms. The Labute approximate surface area is 75.0 Å². The van der Waals surface area contributed by atoms with Crippen molar-refractivity contribution in [2.75, 3.05) is 6.54 Å². The first-order valence-corrected chi connectivity index (χ1v) is 4.17. The zero-order chi connectivity index (χ0) is 8.27. The van der Waals surface area contributed by atoms with Crippen LogP contribution >= 0.6 is 15.9 Å². The zero-order valence-electron chi connectivity index (χ0n) is 6.18. The number of hydrogen-bond donors (Lipinski definition) is 1. The van der Waals surface area contributed by atoms with Crippen LogP contribution < -0.4 is 5.73 Å². The summed E-state index contributed by atoms with van der Waals surface area (Å²) >= 11 is 3.42. The number of nitrogens with two attached hydrogens (primary N) is 1. The summed E-state index contributed by atoms with van der Waals surface area (Å²) in [5.74, 6) is 0. The molecule has 0 unspecified atom stereocenters. The summed E-state index contributed by atoms with van der Waals surface area (Å²) in [4.78, 5) is 0. The van der Waals surface area contributed by atoms with Crippen LogP contribution in [0.1, 0.15) is 5.56 Å². The highest BCUT2D eigenvalue weighted by molar-refractivity contribution is 9.10. The molecule has 0 amide bonds. The minimum Gasteiger partial charge on any atom is -0.326 e. The minimum atomic E-state index is 0.503. The quantitative estimate of drug-likeness (QED) is 0.800. The first kappa shape index (κ1) is 8.50. The van der Waals surface area contributed by atoms with Gasteiger partial charge in [-0.2, -0.15) is 0 Å². The lowest BCUT2D eigenvalue weighted by atomic mass is 10.1. The maximum atomic E-state index is 5.45. The number of halogens is 1. The molecule has 0 aliphatic rings. The minimum absolute atomic E-state index is 0.503. The van der Waals surface area contributed by atoms with Crippen LogP contribution in [0.15, 0.2) is 35.3 Å². The summed E-state index contributed by atoms with van der Waals surface area (Å²) in [5.41, 5.74) is 7.50. The number of hydrogen-bond acceptors (Lipinski definition) is 1. The van der Waals surface area contributed by atoms with Crippen molar-refractivity contribution in [1.82, 2.24) is 0 Å². The molecule has 0 spiro atoms. The third-order valence-electron chi connectivity index (χ3n) is 1.50. The van der Waals surface area contributed by atoms with Crippen LogP contribution in [-0.2, 0) is 0 Å². The van der Waals surface area contributed by atoms with E-state index in [1.54, 1.807) is 0 Å². The predicted octanol–water partition coefficient (Wildman–Crippen LogP) is 2.42. The second-order valence-electron chi connectivity index (χ2n) is 2.29. The fourth-order valence-electron chi connectivity index (χ4n) is 0.858. The lowest BCUT2D eigenvalue weighted by Gasteiger charge is -2.03. The molecule has 1 nitrogen and oxygen atoms in total. The lowest BCUT2D eigenvalue weighted by Crippen LogP contribution is -2.01. The third-order valence-corrected chi connectivity index (χ3v) is 2.19. The van der Waals surface area contributed by atoms with E-state index in [0.717, 1.165) is 15.6 Å². The Balaban J connectivity index is 3.03. The van der Waals surface area contributed by atoms with E-state index in [1.165, 1.54) is 0 Å². The fourth-order valence-corrected chi connectivity index (χ4v) is 1.42. The van der Waals surface area contributed by atoms with Crippen molar-refractivity contribution in [3.8, 4) is 0 Å². The molecule has 0 saturated carbocycles. The highest BCUT2D eigenvalue weighted by Gasteiger charge is 1.99. The van der Waals surface area contributed by atoms with E-state index < -0.39 is 0 Å². The molecular formula is C9H10BrN. The zero-order valence-corrected chi connectivity index (χ0v) is 7.76. The molecule has 2 N–H and O–H groups in total. The summed E-state index contributed by atoms with van der Waals surface area (Å²) in [5, 5.41) is 0. The predicted molar refractivity (Wildman–Crippen MR) is 52.2 cm³/mol. The molecule has 0 atom stereocenters. The van der Waals surface area contributed by atoms with E-state index in [9.17, 15) is 0 Å². The SMILES string of the molecule is C=C(CN)c1ccccc1Br. The van der Waals surface area contributed by atoms with Gasteiger partial charge in [-0.3, -0.25) is 0 Å². The summed E-state index contributed by atoms with van der Waals surface area (Å²) in [6.07, 6.45) is 0. The standard InChI is InChI=1S/C9H10BrN/c1-7(6-11)8-4-2-3-5-9(8)10/h2-5H,1,6,11H2. The molecule has 0 fully saturated rings. The topological polar surface area (TPSA) is 26.0 Å². The van der Waals surface area contributed by atoms with E-state index in [4.69, 9.17) is 5.73 Å². The van der Waals surface area contributed by atoms with Gasteiger partial charge in [-0.1, -0.05) is 40.7 Å². The Hall–Kier alpha value is -0.600. The monoisotopic (exact) mass is 211 g/mol. The Morgan fingerprint density at radius 2 is 2.09 bits per heavy atom. The van der Waals surface area contributed by atoms with Crippen molar-refractivity contribution < 1.29 is 0 Å². The Morgan fingerprint density at radius 1 is 1.45 bits per heavy atom. The number of rotatable bonds is 2. The Bertz CT molecular complexity index is 268. The van der Waals surface area contributed by atoms with E-state index in [-0.39, 0.29) is 0 Å². The normalized spacial score (nSPS) is 9.64. The van der Waals surface area contributed by atoms with Gasteiger partial charge in [-0.25, -0.2) is 0 Å². The van der Waals surface area contributed by atoms with Gasteiger partial charge in [0.2, 0.25) is 0 Å². The molecule has 0 aromatic heterocycles. The first-order chi connectivity index (χ1) is 5.25. The molecular weight excluding hydrogens is 202 g/mol. The molecule has 1 aromatic rings. The van der Waals surface area contributed by atoms with Crippen LogP contribution in [0.5, 0.6) is 0 Å². The van der Waals surface area contributed by atoms with Gasteiger partial charge in [-0.05, 0) is 17.2 Å². The van der Waals surface area contributed by atoms with E-state index >= 15 is 0 Å². The highest BCUT2D eigenvalue weighted by Crippen LogP contribution is 2.21. The van der Waals surface area contributed by atoms with Gasteiger partial charge in [0.1, 0.15) is 0 Å². The molecule has 1 rings (SSSR count). The van der Waals surface area contributed by atoms with Crippen molar-refractivity contribution in [3.05, 3.63) is 40.9 Å². The molecule has 0 heterocycles. The molecule has 0 radical (unpaired) electrons. The second kappa shape index (κ2) is 3.69. The van der Waals surface area contributed by atoms with Gasteiger partial charge in [-0.15, -0.1) is 0 Å². The van der Waals surface area contributed by atoms with E-state index in [1.807, 2.05) is 24.3 Å². The van der Waals surface area contributed by atoms with Crippen LogP contribution in [0, 0.1) is 0 Å². The second-order valence-corrected chi connectivity index (χ2v) is 3.14. The number of benzene rings is 1.